The highest BCUT2D eigenvalue weighted by Crippen LogP contribution is 2.30. The third kappa shape index (κ3) is 3.07. The van der Waals surface area contributed by atoms with Gasteiger partial charge in [0.05, 0.1) is 0 Å². The van der Waals surface area contributed by atoms with Crippen molar-refractivity contribution in [2.75, 3.05) is 39.4 Å². The summed E-state index contributed by atoms with van der Waals surface area (Å²) in [6, 6.07) is 7.69. The van der Waals surface area contributed by atoms with Crippen LogP contribution in [0.3, 0.4) is 0 Å². The molecule has 0 amide bonds. The van der Waals surface area contributed by atoms with Gasteiger partial charge in [0.1, 0.15) is 13.2 Å². The van der Waals surface area contributed by atoms with Gasteiger partial charge in [0.25, 0.3) is 0 Å². The zero-order chi connectivity index (χ0) is 14.8. The Morgan fingerprint density at radius 1 is 1.09 bits per heavy atom. The monoisotopic (exact) mass is 303 g/mol. The molecular weight excluding hydrogens is 278 g/mol. The molecule has 4 rings (SSSR count). The second-order valence-corrected chi connectivity index (χ2v) is 6.48. The predicted octanol–water partition coefficient (Wildman–Crippen LogP) is 0.984. The maximum atomic E-state index is 5.65. The number of fused-ring (bicyclic) bond motifs is 1. The second kappa shape index (κ2) is 6.44. The zero-order valence-corrected chi connectivity index (χ0v) is 13.0. The molecule has 1 aromatic carbocycles. The molecule has 3 aliphatic rings. The number of nitrogens with one attached hydrogen (secondary N) is 2. The van der Waals surface area contributed by atoms with Gasteiger partial charge in [-0.15, -0.1) is 0 Å². The fourth-order valence-electron chi connectivity index (χ4n) is 3.46. The molecule has 22 heavy (non-hydrogen) atoms. The lowest BCUT2D eigenvalue weighted by Crippen LogP contribution is -2.59. The Balaban J connectivity index is 1.26. The highest BCUT2D eigenvalue weighted by molar-refractivity contribution is 5.43. The lowest BCUT2D eigenvalue weighted by Gasteiger charge is -2.42. The summed E-state index contributed by atoms with van der Waals surface area (Å²) < 4.78 is 11.2. The number of rotatable bonds is 4. The van der Waals surface area contributed by atoms with Gasteiger partial charge in [0.2, 0.25) is 0 Å². The molecule has 0 aromatic heterocycles. The fraction of sp³-hybridized carbons (Fsp3) is 0.647. The van der Waals surface area contributed by atoms with E-state index in [1.54, 1.807) is 0 Å². The molecule has 0 atom stereocenters. The second-order valence-electron chi connectivity index (χ2n) is 6.48. The smallest absolute Gasteiger partial charge is 0.161 e. The maximum absolute atomic E-state index is 5.65. The largest absolute Gasteiger partial charge is 0.486 e. The van der Waals surface area contributed by atoms with Crippen molar-refractivity contribution >= 4 is 0 Å². The van der Waals surface area contributed by atoms with E-state index in [9.17, 15) is 0 Å². The third-order valence-corrected chi connectivity index (χ3v) is 5.01. The van der Waals surface area contributed by atoms with Crippen LogP contribution in [-0.4, -0.2) is 56.4 Å². The SMILES string of the molecule is c1cc2c(cc1CNC1CCN(C3CNC3)CC1)OCCO2. The van der Waals surface area contributed by atoms with Crippen molar-refractivity contribution in [2.24, 2.45) is 0 Å². The van der Waals surface area contributed by atoms with Crippen molar-refractivity contribution in [3.05, 3.63) is 23.8 Å². The van der Waals surface area contributed by atoms with E-state index >= 15 is 0 Å². The number of benzene rings is 1. The molecule has 5 nitrogen and oxygen atoms in total. The van der Waals surface area contributed by atoms with Crippen LogP contribution in [0.1, 0.15) is 18.4 Å². The van der Waals surface area contributed by atoms with Crippen LogP contribution in [0.5, 0.6) is 11.5 Å². The average molecular weight is 303 g/mol. The van der Waals surface area contributed by atoms with Gasteiger partial charge in [-0.1, -0.05) is 6.07 Å². The molecule has 2 N–H and O–H groups in total. The molecule has 0 saturated carbocycles. The van der Waals surface area contributed by atoms with Gasteiger partial charge >= 0.3 is 0 Å². The first kappa shape index (κ1) is 14.3. The molecule has 0 spiro atoms. The van der Waals surface area contributed by atoms with E-state index in [0.717, 1.165) is 24.1 Å². The van der Waals surface area contributed by atoms with E-state index in [0.29, 0.717) is 19.3 Å². The molecule has 3 heterocycles. The Kier molecular flexibility index (Phi) is 4.19. The molecule has 1 aromatic rings. The van der Waals surface area contributed by atoms with Gasteiger partial charge in [-0.3, -0.25) is 4.90 Å². The van der Waals surface area contributed by atoms with Crippen LogP contribution < -0.4 is 20.1 Å². The van der Waals surface area contributed by atoms with Crippen molar-refractivity contribution in [3.63, 3.8) is 0 Å². The topological polar surface area (TPSA) is 45.8 Å². The van der Waals surface area contributed by atoms with Crippen LogP contribution in [0.25, 0.3) is 0 Å². The Morgan fingerprint density at radius 2 is 1.86 bits per heavy atom. The highest BCUT2D eigenvalue weighted by atomic mass is 16.6. The van der Waals surface area contributed by atoms with Gasteiger partial charge in [0, 0.05) is 44.8 Å². The Bertz CT molecular complexity index is 511. The first-order chi connectivity index (χ1) is 10.9. The summed E-state index contributed by atoms with van der Waals surface area (Å²) in [6.07, 6.45) is 2.50. The van der Waals surface area contributed by atoms with Crippen molar-refractivity contribution < 1.29 is 9.47 Å². The van der Waals surface area contributed by atoms with Crippen LogP contribution in [0.2, 0.25) is 0 Å². The van der Waals surface area contributed by atoms with E-state index in [4.69, 9.17) is 9.47 Å². The standard InChI is InChI=1S/C17H25N3O2/c1-2-16-17(22-8-7-21-16)9-13(1)10-19-14-3-5-20(6-4-14)15-11-18-12-15/h1-2,9,14-15,18-19H,3-8,10-12H2. The lowest BCUT2D eigenvalue weighted by atomic mass is 10.0. The van der Waals surface area contributed by atoms with E-state index in [-0.39, 0.29) is 0 Å². The van der Waals surface area contributed by atoms with Crippen LogP contribution in [0.4, 0.5) is 0 Å². The minimum absolute atomic E-state index is 0.637. The van der Waals surface area contributed by atoms with Crippen molar-refractivity contribution in [1.29, 1.82) is 0 Å². The molecule has 0 aliphatic carbocycles. The fourth-order valence-corrected chi connectivity index (χ4v) is 3.46. The summed E-state index contributed by atoms with van der Waals surface area (Å²) in [5.74, 6) is 1.76. The molecule has 0 unspecified atom stereocenters. The van der Waals surface area contributed by atoms with Crippen LogP contribution in [-0.2, 0) is 6.54 Å². The van der Waals surface area contributed by atoms with Gasteiger partial charge in [-0.25, -0.2) is 0 Å². The van der Waals surface area contributed by atoms with Gasteiger partial charge in [0.15, 0.2) is 11.5 Å². The first-order valence-corrected chi connectivity index (χ1v) is 8.45. The van der Waals surface area contributed by atoms with Crippen LogP contribution >= 0.6 is 0 Å². The highest BCUT2D eigenvalue weighted by Gasteiger charge is 2.28. The van der Waals surface area contributed by atoms with Gasteiger partial charge in [-0.2, -0.15) is 0 Å². The normalized spacial score (nSPS) is 23.3. The number of likely N-dealkylation sites (tertiary alicyclic amines) is 1. The molecule has 2 fully saturated rings. The average Bonchev–Trinajstić information content (AvgIpc) is 2.52. The summed E-state index contributed by atoms with van der Waals surface area (Å²) in [5, 5.41) is 7.06. The zero-order valence-electron chi connectivity index (χ0n) is 13.0. The number of ether oxygens (including phenoxy) is 2. The molecule has 120 valence electrons. The predicted molar refractivity (Wildman–Crippen MR) is 85.5 cm³/mol. The first-order valence-electron chi connectivity index (χ1n) is 8.45. The van der Waals surface area contributed by atoms with Gasteiger partial charge < -0.3 is 20.1 Å². The Morgan fingerprint density at radius 3 is 2.59 bits per heavy atom. The molecular formula is C17H25N3O2. The minimum atomic E-state index is 0.637. The third-order valence-electron chi connectivity index (χ3n) is 5.01. The van der Waals surface area contributed by atoms with Crippen molar-refractivity contribution in [3.8, 4) is 11.5 Å². The minimum Gasteiger partial charge on any atom is -0.486 e. The quantitative estimate of drug-likeness (QED) is 0.868. The van der Waals surface area contributed by atoms with Crippen LogP contribution in [0, 0.1) is 0 Å². The van der Waals surface area contributed by atoms with E-state index in [1.165, 1.54) is 44.6 Å². The Hall–Kier alpha value is -1.30. The summed E-state index contributed by atoms with van der Waals surface area (Å²) >= 11 is 0. The molecule has 0 radical (unpaired) electrons. The summed E-state index contributed by atoms with van der Waals surface area (Å²) in [6.45, 7) is 7.02. The summed E-state index contributed by atoms with van der Waals surface area (Å²) in [7, 11) is 0. The van der Waals surface area contributed by atoms with Crippen molar-refractivity contribution in [2.45, 2.75) is 31.5 Å². The summed E-state index contributed by atoms with van der Waals surface area (Å²) in [4.78, 5) is 2.64. The molecule has 0 bridgehead atoms. The van der Waals surface area contributed by atoms with Crippen molar-refractivity contribution in [1.82, 2.24) is 15.5 Å². The Labute approximate surface area is 132 Å². The maximum Gasteiger partial charge on any atom is 0.161 e. The lowest BCUT2D eigenvalue weighted by molar-refractivity contribution is 0.107. The van der Waals surface area contributed by atoms with Crippen LogP contribution in [0.15, 0.2) is 18.2 Å². The van der Waals surface area contributed by atoms with E-state index in [1.807, 2.05) is 6.07 Å². The number of piperidine rings is 1. The van der Waals surface area contributed by atoms with Gasteiger partial charge in [-0.05, 0) is 30.5 Å². The van der Waals surface area contributed by atoms with E-state index in [2.05, 4.69) is 27.7 Å². The summed E-state index contributed by atoms with van der Waals surface area (Å²) in [5.41, 5.74) is 1.27. The molecule has 5 heteroatoms. The molecule has 3 aliphatic heterocycles. The number of nitrogens with zero attached hydrogens (tertiary/aromatic N) is 1. The number of hydrogen-bond donors (Lipinski definition) is 2. The molecule has 2 saturated heterocycles. The van der Waals surface area contributed by atoms with E-state index < -0.39 is 0 Å². The number of hydrogen-bond acceptors (Lipinski definition) is 5.